The largest absolute Gasteiger partial charge is 0.444 e. The smallest absolute Gasteiger partial charge is 0.408 e. The lowest BCUT2D eigenvalue weighted by molar-refractivity contribution is -0.111. The van der Waals surface area contributed by atoms with Crippen molar-refractivity contribution in [2.45, 2.75) is 39.0 Å². The number of hydrogen-bond donors (Lipinski definition) is 1. The molecule has 110 valence electrons. The number of hydrogen-bond acceptors (Lipinski definition) is 4. The standard InChI is InChI=1S/C15H21NO4/c1-15(2,3)20-14(18)16-13(9-17)11-19-10-12-7-5-4-6-8-12/h4-9,13H,10-11H2,1-3H3,(H,16,18)/t13-/m0/s1. The van der Waals surface area contributed by atoms with E-state index in [0.717, 1.165) is 5.56 Å². The van der Waals surface area contributed by atoms with Crippen LogP contribution in [-0.2, 0) is 20.9 Å². The lowest BCUT2D eigenvalue weighted by atomic mass is 10.2. The molecular weight excluding hydrogens is 258 g/mol. The molecule has 0 saturated heterocycles. The summed E-state index contributed by atoms with van der Waals surface area (Å²) in [5.41, 5.74) is 0.414. The molecule has 0 aliphatic heterocycles. The zero-order chi connectivity index (χ0) is 15.0. The number of rotatable bonds is 6. The highest BCUT2D eigenvalue weighted by atomic mass is 16.6. The first-order chi connectivity index (χ1) is 9.40. The molecule has 1 atom stereocenters. The molecule has 0 bridgehead atoms. The summed E-state index contributed by atoms with van der Waals surface area (Å²) >= 11 is 0. The second-order valence-corrected chi connectivity index (χ2v) is 5.39. The van der Waals surface area contributed by atoms with Gasteiger partial charge >= 0.3 is 6.09 Å². The van der Waals surface area contributed by atoms with Gasteiger partial charge in [-0.1, -0.05) is 30.3 Å². The summed E-state index contributed by atoms with van der Waals surface area (Å²) in [6.07, 6.45) is 0.00691. The van der Waals surface area contributed by atoms with Crippen molar-refractivity contribution in [3.8, 4) is 0 Å². The molecule has 5 nitrogen and oxygen atoms in total. The number of nitrogens with one attached hydrogen (secondary N) is 1. The fourth-order valence-corrected chi connectivity index (χ4v) is 1.45. The average molecular weight is 279 g/mol. The second-order valence-electron chi connectivity index (χ2n) is 5.39. The summed E-state index contributed by atoms with van der Waals surface area (Å²) in [5, 5.41) is 2.46. The average Bonchev–Trinajstić information content (AvgIpc) is 2.36. The third-order valence-corrected chi connectivity index (χ3v) is 2.28. The first-order valence-corrected chi connectivity index (χ1v) is 6.47. The predicted molar refractivity (Wildman–Crippen MR) is 75.3 cm³/mol. The number of ether oxygens (including phenoxy) is 2. The maximum Gasteiger partial charge on any atom is 0.408 e. The highest BCUT2D eigenvalue weighted by Gasteiger charge is 2.19. The van der Waals surface area contributed by atoms with Crippen LogP contribution in [0.3, 0.4) is 0 Å². The third-order valence-electron chi connectivity index (χ3n) is 2.28. The fourth-order valence-electron chi connectivity index (χ4n) is 1.45. The Morgan fingerprint density at radius 3 is 2.50 bits per heavy atom. The van der Waals surface area contributed by atoms with Crippen molar-refractivity contribution in [1.29, 1.82) is 0 Å². The molecule has 0 spiro atoms. The van der Waals surface area contributed by atoms with E-state index in [0.29, 0.717) is 12.9 Å². The highest BCUT2D eigenvalue weighted by Crippen LogP contribution is 2.07. The van der Waals surface area contributed by atoms with Crippen molar-refractivity contribution >= 4 is 12.4 Å². The molecule has 20 heavy (non-hydrogen) atoms. The molecule has 0 radical (unpaired) electrons. The van der Waals surface area contributed by atoms with Crippen molar-refractivity contribution < 1.29 is 19.1 Å². The van der Waals surface area contributed by atoms with E-state index < -0.39 is 17.7 Å². The number of benzene rings is 1. The zero-order valence-corrected chi connectivity index (χ0v) is 12.1. The zero-order valence-electron chi connectivity index (χ0n) is 12.1. The summed E-state index contributed by atoms with van der Waals surface area (Å²) < 4.78 is 10.5. The molecule has 0 unspecified atom stereocenters. The van der Waals surface area contributed by atoms with Crippen LogP contribution in [0.15, 0.2) is 30.3 Å². The number of alkyl carbamates (subject to hydrolysis) is 1. The Bertz CT molecular complexity index is 425. The first kappa shape index (κ1) is 16.2. The van der Waals surface area contributed by atoms with Gasteiger partial charge in [-0.2, -0.15) is 0 Å². The maximum absolute atomic E-state index is 11.5. The van der Waals surface area contributed by atoms with Crippen LogP contribution < -0.4 is 5.32 Å². The maximum atomic E-state index is 11.5. The van der Waals surface area contributed by atoms with Gasteiger partial charge in [-0.25, -0.2) is 4.79 Å². The van der Waals surface area contributed by atoms with E-state index in [4.69, 9.17) is 9.47 Å². The van der Waals surface area contributed by atoms with Crippen LogP contribution in [0, 0.1) is 0 Å². The van der Waals surface area contributed by atoms with E-state index in [1.165, 1.54) is 0 Å². The van der Waals surface area contributed by atoms with Crippen molar-refractivity contribution in [1.82, 2.24) is 5.32 Å². The Morgan fingerprint density at radius 1 is 1.30 bits per heavy atom. The lowest BCUT2D eigenvalue weighted by Crippen LogP contribution is -2.42. The SMILES string of the molecule is CC(C)(C)OC(=O)N[C@@H](C=O)COCc1ccccc1. The minimum atomic E-state index is -0.714. The van der Waals surface area contributed by atoms with E-state index in [1.54, 1.807) is 20.8 Å². The van der Waals surface area contributed by atoms with Gasteiger partial charge in [0.25, 0.3) is 0 Å². The molecule has 1 aromatic rings. The van der Waals surface area contributed by atoms with Crippen LogP contribution in [0.4, 0.5) is 4.79 Å². The molecule has 5 heteroatoms. The minimum Gasteiger partial charge on any atom is -0.444 e. The minimum absolute atomic E-state index is 0.109. The molecule has 0 aromatic heterocycles. The topological polar surface area (TPSA) is 64.6 Å². The number of carbonyl (C=O) groups excluding carboxylic acids is 2. The van der Waals surface area contributed by atoms with Crippen LogP contribution in [0.1, 0.15) is 26.3 Å². The van der Waals surface area contributed by atoms with Gasteiger partial charge in [0.2, 0.25) is 0 Å². The normalized spacial score (nSPS) is 12.6. The van der Waals surface area contributed by atoms with Crippen molar-refractivity contribution in [3.63, 3.8) is 0 Å². The Labute approximate surface area is 119 Å². The molecule has 1 rings (SSSR count). The van der Waals surface area contributed by atoms with Crippen molar-refractivity contribution in [2.75, 3.05) is 6.61 Å². The van der Waals surface area contributed by atoms with Gasteiger partial charge in [0.1, 0.15) is 17.9 Å². The quantitative estimate of drug-likeness (QED) is 0.811. The molecule has 1 aromatic carbocycles. The Kier molecular flexibility index (Phi) is 6.18. The van der Waals surface area contributed by atoms with E-state index in [1.807, 2.05) is 30.3 Å². The molecule has 1 N–H and O–H groups in total. The van der Waals surface area contributed by atoms with Crippen LogP contribution in [-0.4, -0.2) is 30.6 Å². The van der Waals surface area contributed by atoms with Gasteiger partial charge in [-0.15, -0.1) is 0 Å². The van der Waals surface area contributed by atoms with Crippen molar-refractivity contribution in [3.05, 3.63) is 35.9 Å². The summed E-state index contributed by atoms with van der Waals surface area (Å²) in [7, 11) is 0. The molecule has 1 amide bonds. The number of carbonyl (C=O) groups is 2. The summed E-state index contributed by atoms with van der Waals surface area (Å²) in [6, 6.07) is 8.88. The van der Waals surface area contributed by atoms with Gasteiger partial charge < -0.3 is 19.6 Å². The van der Waals surface area contributed by atoms with Crippen LogP contribution in [0.5, 0.6) is 0 Å². The summed E-state index contributed by atoms with van der Waals surface area (Å²) in [6.45, 7) is 5.77. The molecule has 0 fully saturated rings. The lowest BCUT2D eigenvalue weighted by Gasteiger charge is -2.21. The van der Waals surface area contributed by atoms with Crippen LogP contribution >= 0.6 is 0 Å². The van der Waals surface area contributed by atoms with E-state index >= 15 is 0 Å². The third kappa shape index (κ3) is 6.89. The molecular formula is C15H21NO4. The van der Waals surface area contributed by atoms with Crippen molar-refractivity contribution in [2.24, 2.45) is 0 Å². The summed E-state index contributed by atoms with van der Waals surface area (Å²) in [4.78, 5) is 22.4. The van der Waals surface area contributed by atoms with Gasteiger partial charge in [-0.3, -0.25) is 0 Å². The second kappa shape index (κ2) is 7.65. The Hall–Kier alpha value is -1.88. The van der Waals surface area contributed by atoms with Gasteiger partial charge in [0.05, 0.1) is 13.2 Å². The number of aldehydes is 1. The van der Waals surface area contributed by atoms with Gasteiger partial charge in [0.15, 0.2) is 0 Å². The molecule has 0 aliphatic rings. The van der Waals surface area contributed by atoms with Crippen LogP contribution in [0.25, 0.3) is 0 Å². The Morgan fingerprint density at radius 2 is 1.95 bits per heavy atom. The van der Waals surface area contributed by atoms with Crippen LogP contribution in [0.2, 0.25) is 0 Å². The molecule has 0 aliphatic carbocycles. The Balaban J connectivity index is 2.33. The molecule has 0 heterocycles. The van der Waals surface area contributed by atoms with E-state index in [2.05, 4.69) is 5.32 Å². The van der Waals surface area contributed by atoms with E-state index in [-0.39, 0.29) is 6.61 Å². The van der Waals surface area contributed by atoms with Gasteiger partial charge in [-0.05, 0) is 26.3 Å². The molecule has 0 saturated carbocycles. The van der Waals surface area contributed by atoms with E-state index in [9.17, 15) is 9.59 Å². The summed E-state index contributed by atoms with van der Waals surface area (Å²) in [5.74, 6) is 0. The highest BCUT2D eigenvalue weighted by molar-refractivity contribution is 5.73. The fraction of sp³-hybridized carbons (Fsp3) is 0.467. The monoisotopic (exact) mass is 279 g/mol. The predicted octanol–water partition coefficient (Wildman–Crippen LogP) is 2.30. The number of amides is 1. The van der Waals surface area contributed by atoms with Gasteiger partial charge in [0, 0.05) is 0 Å². The first-order valence-electron chi connectivity index (χ1n) is 6.47.